The van der Waals surface area contributed by atoms with E-state index in [0.29, 0.717) is 31.5 Å². The van der Waals surface area contributed by atoms with Gasteiger partial charge in [-0.15, -0.1) is 11.8 Å². The summed E-state index contributed by atoms with van der Waals surface area (Å²) < 4.78 is 46.6. The third kappa shape index (κ3) is 6.83. The van der Waals surface area contributed by atoms with E-state index in [1.807, 2.05) is 6.07 Å². The van der Waals surface area contributed by atoms with Crippen molar-refractivity contribution in [1.82, 2.24) is 4.90 Å². The number of esters is 1. The van der Waals surface area contributed by atoms with Crippen LogP contribution in [0.3, 0.4) is 0 Å². The molecule has 1 aliphatic rings. The molecule has 0 fully saturated rings. The van der Waals surface area contributed by atoms with Crippen LogP contribution >= 0.6 is 11.8 Å². The van der Waals surface area contributed by atoms with E-state index < -0.39 is 23.9 Å². The molecule has 0 saturated carbocycles. The second kappa shape index (κ2) is 11.7. The fourth-order valence-electron chi connectivity index (χ4n) is 3.29. The summed E-state index contributed by atoms with van der Waals surface area (Å²) in [6.07, 6.45) is 0.752. The number of methoxy groups -OCH3 is 1. The van der Waals surface area contributed by atoms with Gasteiger partial charge in [-0.2, -0.15) is 4.84 Å². The summed E-state index contributed by atoms with van der Waals surface area (Å²) in [7, 11) is -2.53. The van der Waals surface area contributed by atoms with Gasteiger partial charge in [0.05, 0.1) is 23.3 Å². The van der Waals surface area contributed by atoms with Gasteiger partial charge in [0.1, 0.15) is 16.5 Å². The summed E-state index contributed by atoms with van der Waals surface area (Å²) in [6.45, 7) is 1.71. The van der Waals surface area contributed by atoms with Crippen molar-refractivity contribution < 1.29 is 37.9 Å². The molecule has 1 heterocycles. The van der Waals surface area contributed by atoms with Crippen LogP contribution in [0.15, 0.2) is 41.3 Å². The number of halogens is 1. The minimum absolute atomic E-state index is 0.0198. The van der Waals surface area contributed by atoms with Crippen LogP contribution in [0.25, 0.3) is 0 Å². The summed E-state index contributed by atoms with van der Waals surface area (Å²) in [5.41, 5.74) is 1.45. The number of thioether (sulfide) groups is 1. The van der Waals surface area contributed by atoms with Gasteiger partial charge < -0.3 is 9.47 Å². The molecule has 0 saturated heterocycles. The number of fused-ring (bicyclic) bond motifs is 1. The maximum Gasteiger partial charge on any atom is 0.475 e. The van der Waals surface area contributed by atoms with E-state index in [1.165, 1.54) is 12.1 Å². The van der Waals surface area contributed by atoms with Crippen molar-refractivity contribution in [2.75, 3.05) is 32.5 Å². The first-order chi connectivity index (χ1) is 16.6. The van der Waals surface area contributed by atoms with E-state index in [2.05, 4.69) is 9.74 Å². The topological polar surface area (TPSA) is 88.3 Å². The van der Waals surface area contributed by atoms with Crippen LogP contribution in [0, 0.1) is 10.7 Å². The molecule has 0 bridgehead atoms. The summed E-state index contributed by atoms with van der Waals surface area (Å²) in [6, 6.07) is 9.58. The van der Waals surface area contributed by atoms with Gasteiger partial charge in [-0.25, -0.2) is 14.4 Å². The highest BCUT2D eigenvalue weighted by Gasteiger charge is 2.18. The highest BCUT2D eigenvalue weighted by atomic mass is 32.2. The van der Waals surface area contributed by atoms with Gasteiger partial charge in [-0.1, -0.05) is 6.07 Å². The van der Waals surface area contributed by atoms with E-state index in [0.717, 1.165) is 22.8 Å². The molecule has 32 heavy (non-hydrogen) atoms. The molecule has 10 heteroatoms. The molecule has 0 aliphatic carbocycles. The van der Waals surface area contributed by atoms with E-state index in [9.17, 15) is 14.1 Å². The molecule has 1 aliphatic heterocycles. The summed E-state index contributed by atoms with van der Waals surface area (Å²) in [5.74, 6) is -0.385. The number of benzene rings is 2. The third-order valence-electron chi connectivity index (χ3n) is 4.84. The minimum Gasteiger partial charge on any atom is -0.497 e. The summed E-state index contributed by atoms with van der Waals surface area (Å²) in [5, 5.41) is 7.67. The number of unbranched alkanes of at least 4 members (excludes halogenated alkanes) is 1. The Hall–Kier alpha value is -2.85. The highest BCUT2D eigenvalue weighted by molar-refractivity contribution is 7.99. The Morgan fingerprint density at radius 2 is 2.12 bits per heavy atom. The fraction of sp³-hybridized carbons (Fsp3) is 0.409. The molecule has 2 aromatic rings. The Bertz CT molecular complexity index is 1060. The van der Waals surface area contributed by atoms with Crippen molar-refractivity contribution >= 4 is 17.7 Å². The third-order valence-corrected chi connectivity index (χ3v) is 5.94. The Balaban J connectivity index is 1.57. The molecule has 0 aromatic heterocycles. The van der Waals surface area contributed by atoms with Gasteiger partial charge in [0.2, 0.25) is 0 Å². The molecule has 1 N–H and O–H groups in total. The van der Waals surface area contributed by atoms with Gasteiger partial charge >= 0.3 is 11.1 Å². The Morgan fingerprint density at radius 1 is 1.28 bits per heavy atom. The predicted molar refractivity (Wildman–Crippen MR) is 115 cm³/mol. The van der Waals surface area contributed by atoms with E-state index in [-0.39, 0.29) is 24.5 Å². The summed E-state index contributed by atoms with van der Waals surface area (Å²) >= 11 is 1.66. The number of hydrogen-bond donors (Lipinski definition) is 1. The molecule has 0 spiro atoms. The van der Waals surface area contributed by atoms with Crippen molar-refractivity contribution in [2.24, 2.45) is 0 Å². The van der Waals surface area contributed by atoms with Gasteiger partial charge in [-0.3, -0.25) is 4.90 Å². The zero-order valence-corrected chi connectivity index (χ0v) is 18.1. The van der Waals surface area contributed by atoms with Crippen LogP contribution in [0.2, 0.25) is 0 Å². The number of carbonyl (C=O) groups excluding carboxylic acids is 1. The molecule has 0 radical (unpaired) electrons. The zero-order chi connectivity index (χ0) is 25.4. The maximum absolute atomic E-state index is 14.6. The maximum atomic E-state index is 14.6. The average molecular weight is 469 g/mol. The van der Waals surface area contributed by atoms with Crippen molar-refractivity contribution in [2.45, 2.75) is 30.8 Å². The first-order valence-corrected chi connectivity index (χ1v) is 11.0. The number of hydrogen-bond acceptors (Lipinski definition) is 7. The fourth-order valence-corrected chi connectivity index (χ4v) is 4.34. The van der Waals surface area contributed by atoms with Crippen molar-refractivity contribution in [3.63, 3.8) is 0 Å². The van der Waals surface area contributed by atoms with Crippen LogP contribution < -0.4 is 4.74 Å². The number of carbonyl (C=O) groups is 1. The van der Waals surface area contributed by atoms with E-state index >= 15 is 0 Å². The Kier molecular flexibility index (Phi) is 7.23. The van der Waals surface area contributed by atoms with E-state index in [1.54, 1.807) is 30.0 Å². The normalized spacial score (nSPS) is 15.5. The second-order valence-electron chi connectivity index (χ2n) is 7.16. The minimum atomic E-state index is -2.53. The monoisotopic (exact) mass is 468 g/mol. The lowest BCUT2D eigenvalue weighted by atomic mass is 10.1. The van der Waals surface area contributed by atoms with Crippen LogP contribution in [-0.2, 0) is 22.7 Å². The van der Waals surface area contributed by atoms with Crippen LogP contribution in [0.5, 0.6) is 5.75 Å². The number of rotatable bonds is 10. The molecule has 0 atom stereocenters. The molecule has 3 rings (SSSR count). The van der Waals surface area contributed by atoms with E-state index in [4.69, 9.17) is 18.8 Å². The average Bonchev–Trinajstić information content (AvgIpc) is 2.96. The lowest BCUT2D eigenvalue weighted by Gasteiger charge is -2.20. The van der Waals surface area contributed by atoms with Crippen molar-refractivity contribution in [3.8, 4) is 5.75 Å². The van der Waals surface area contributed by atoms with Crippen molar-refractivity contribution in [1.29, 1.82) is 0 Å². The number of ether oxygens (including phenoxy) is 2. The largest absolute Gasteiger partial charge is 0.497 e. The SMILES string of the molecule is [2H]C([2H])([2H])Oc1ccc2c(c1)CN(Cc1ccc(C(=O)OCCCCO[N+](=O)O)c(F)c1)CCS2. The Morgan fingerprint density at radius 3 is 2.91 bits per heavy atom. The van der Waals surface area contributed by atoms with Gasteiger partial charge in [0.25, 0.3) is 0 Å². The predicted octanol–water partition coefficient (Wildman–Crippen LogP) is 3.98. The molecule has 172 valence electrons. The van der Waals surface area contributed by atoms with Gasteiger partial charge in [0.15, 0.2) is 6.61 Å². The quantitative estimate of drug-likeness (QED) is 0.318. The smallest absolute Gasteiger partial charge is 0.475 e. The van der Waals surface area contributed by atoms with Crippen LogP contribution in [-0.4, -0.2) is 53.7 Å². The van der Waals surface area contributed by atoms with Gasteiger partial charge in [-0.05, 0) is 54.3 Å². The van der Waals surface area contributed by atoms with Crippen LogP contribution in [0.4, 0.5) is 4.39 Å². The van der Waals surface area contributed by atoms with Crippen LogP contribution in [0.1, 0.15) is 38.4 Å². The summed E-state index contributed by atoms with van der Waals surface area (Å²) in [4.78, 5) is 29.8. The standard InChI is InChI=1S/C22H26FN2O6S/c1-29-18-5-7-21-17(13-18)15-24(8-11-32-21)14-16-4-6-19(20(23)12-16)22(26)30-9-2-3-10-31-25(27)28/h4-7,12-13H,2-3,8-11,14-15H2,1H3,(H,27,28)/q+1/i1D3. The lowest BCUT2D eigenvalue weighted by Crippen LogP contribution is -2.24. The molecule has 8 nitrogen and oxygen atoms in total. The molecule has 0 amide bonds. The highest BCUT2D eigenvalue weighted by Crippen LogP contribution is 2.31. The molecule has 2 aromatic carbocycles. The second-order valence-corrected chi connectivity index (χ2v) is 8.30. The molecular weight excluding hydrogens is 439 g/mol. The number of nitrogens with zero attached hydrogens (tertiary/aromatic N) is 2. The first-order valence-electron chi connectivity index (χ1n) is 11.5. The molecular formula is C22H26FN2O6S+. The van der Waals surface area contributed by atoms with Crippen molar-refractivity contribution in [3.05, 3.63) is 63.8 Å². The molecule has 0 unspecified atom stereocenters. The lowest BCUT2D eigenvalue weighted by molar-refractivity contribution is -0.975. The Labute approximate surface area is 194 Å². The first kappa shape index (κ1) is 19.8. The zero-order valence-electron chi connectivity index (χ0n) is 20.3. The van der Waals surface area contributed by atoms with Gasteiger partial charge in [0, 0.05) is 30.3 Å².